The van der Waals surface area contributed by atoms with Crippen LogP contribution in [0.25, 0.3) is 0 Å². The lowest BCUT2D eigenvalue weighted by Crippen LogP contribution is -2.46. The van der Waals surface area contributed by atoms with Crippen LogP contribution in [0.1, 0.15) is 16.8 Å². The number of benzene rings is 1. The van der Waals surface area contributed by atoms with E-state index in [1.165, 1.54) is 25.3 Å². The molecule has 0 spiro atoms. The molecule has 1 aliphatic heterocycles. The van der Waals surface area contributed by atoms with Gasteiger partial charge in [0.25, 0.3) is 5.91 Å². The van der Waals surface area contributed by atoms with E-state index in [4.69, 9.17) is 4.74 Å². The van der Waals surface area contributed by atoms with Gasteiger partial charge in [0, 0.05) is 18.7 Å². The number of ether oxygens (including phenoxy) is 2. The minimum absolute atomic E-state index is 0.0844. The van der Waals surface area contributed by atoms with E-state index >= 15 is 0 Å². The Bertz CT molecular complexity index is 544. The molecule has 114 valence electrons. The van der Waals surface area contributed by atoms with E-state index in [2.05, 4.69) is 4.74 Å². The number of carbonyl (C=O) groups is 2. The first-order valence-electron chi connectivity index (χ1n) is 6.51. The third kappa shape index (κ3) is 3.63. The van der Waals surface area contributed by atoms with Gasteiger partial charge in [0.1, 0.15) is 0 Å². The second-order valence-corrected chi connectivity index (χ2v) is 4.73. The number of rotatable bonds is 3. The van der Waals surface area contributed by atoms with Gasteiger partial charge in [0.2, 0.25) is 0 Å². The number of morpholine rings is 1. The predicted octanol–water partition coefficient (Wildman–Crippen LogP) is 0.502. The van der Waals surface area contributed by atoms with E-state index in [0.29, 0.717) is 13.2 Å². The molecule has 1 amide bonds. The number of methoxy groups -OCH3 is 1. The van der Waals surface area contributed by atoms with Crippen LogP contribution in [0.3, 0.4) is 0 Å². The molecule has 21 heavy (non-hydrogen) atoms. The van der Waals surface area contributed by atoms with Gasteiger partial charge < -0.3 is 24.6 Å². The molecule has 2 N–H and O–H groups in total. The molecule has 0 aromatic heterocycles. The summed E-state index contributed by atoms with van der Waals surface area (Å²) in [6, 6.07) is 3.90. The maximum absolute atomic E-state index is 12.3. The van der Waals surface area contributed by atoms with Gasteiger partial charge in [-0.05, 0) is 18.2 Å². The molecule has 1 aromatic carbocycles. The van der Waals surface area contributed by atoms with E-state index < -0.39 is 12.1 Å². The summed E-state index contributed by atoms with van der Waals surface area (Å²) in [5, 5.41) is 18.7. The van der Waals surface area contributed by atoms with Gasteiger partial charge in [-0.3, -0.25) is 9.59 Å². The SMILES string of the molecule is COC(=O)CC1CN(C(=O)c2ccc(O)c(O)c2)CCO1. The number of phenols is 2. The minimum atomic E-state index is -0.402. The number of phenolic OH excluding ortho intramolecular Hbond substituents is 2. The number of aromatic hydroxyl groups is 2. The van der Waals surface area contributed by atoms with Crippen LogP contribution in [0.5, 0.6) is 11.5 Å². The highest BCUT2D eigenvalue weighted by Crippen LogP contribution is 2.26. The van der Waals surface area contributed by atoms with Crippen molar-refractivity contribution < 1.29 is 29.3 Å². The summed E-state index contributed by atoms with van der Waals surface area (Å²) in [6.07, 6.45) is -0.318. The number of hydrogen-bond acceptors (Lipinski definition) is 6. The number of amides is 1. The van der Waals surface area contributed by atoms with E-state index in [1.807, 2.05) is 0 Å². The lowest BCUT2D eigenvalue weighted by Gasteiger charge is -2.32. The average Bonchev–Trinajstić information content (AvgIpc) is 2.49. The van der Waals surface area contributed by atoms with Crippen molar-refractivity contribution in [2.75, 3.05) is 26.8 Å². The molecule has 1 saturated heterocycles. The van der Waals surface area contributed by atoms with Crippen molar-refractivity contribution in [1.29, 1.82) is 0 Å². The third-order valence-electron chi connectivity index (χ3n) is 3.27. The van der Waals surface area contributed by atoms with Crippen molar-refractivity contribution >= 4 is 11.9 Å². The first-order valence-corrected chi connectivity index (χ1v) is 6.51. The molecule has 0 radical (unpaired) electrons. The number of carbonyl (C=O) groups excluding carboxylic acids is 2. The first kappa shape index (κ1) is 15.1. The van der Waals surface area contributed by atoms with E-state index in [-0.39, 0.29) is 35.9 Å². The molecular weight excluding hydrogens is 278 g/mol. The van der Waals surface area contributed by atoms with E-state index in [9.17, 15) is 19.8 Å². The summed E-state index contributed by atoms with van der Waals surface area (Å²) in [4.78, 5) is 25.1. The topological polar surface area (TPSA) is 96.3 Å². The molecule has 7 nitrogen and oxygen atoms in total. The molecular formula is C14H17NO6. The van der Waals surface area contributed by atoms with Crippen LogP contribution < -0.4 is 0 Å². The first-order chi connectivity index (χ1) is 10.0. The zero-order chi connectivity index (χ0) is 15.4. The van der Waals surface area contributed by atoms with Crippen molar-refractivity contribution in [2.45, 2.75) is 12.5 Å². The van der Waals surface area contributed by atoms with E-state index in [0.717, 1.165) is 0 Å². The van der Waals surface area contributed by atoms with Gasteiger partial charge in [-0.25, -0.2) is 0 Å². The molecule has 2 rings (SSSR count). The molecule has 1 heterocycles. The highest BCUT2D eigenvalue weighted by molar-refractivity contribution is 5.95. The van der Waals surface area contributed by atoms with Crippen LogP contribution >= 0.6 is 0 Å². The lowest BCUT2D eigenvalue weighted by molar-refractivity contribution is -0.145. The Balaban J connectivity index is 2.04. The largest absolute Gasteiger partial charge is 0.504 e. The number of hydrogen-bond donors (Lipinski definition) is 2. The maximum Gasteiger partial charge on any atom is 0.308 e. The Morgan fingerprint density at radius 3 is 2.81 bits per heavy atom. The van der Waals surface area contributed by atoms with Crippen LogP contribution in [0, 0.1) is 0 Å². The van der Waals surface area contributed by atoms with Crippen LogP contribution in [0.2, 0.25) is 0 Å². The molecule has 0 saturated carbocycles. The molecule has 1 atom stereocenters. The van der Waals surface area contributed by atoms with Crippen LogP contribution in [0.4, 0.5) is 0 Å². The second kappa shape index (κ2) is 6.45. The fraction of sp³-hybridized carbons (Fsp3) is 0.429. The predicted molar refractivity (Wildman–Crippen MR) is 72.0 cm³/mol. The van der Waals surface area contributed by atoms with Gasteiger partial charge in [0.15, 0.2) is 11.5 Å². The fourth-order valence-electron chi connectivity index (χ4n) is 2.14. The molecule has 7 heteroatoms. The summed E-state index contributed by atoms with van der Waals surface area (Å²) >= 11 is 0. The van der Waals surface area contributed by atoms with Crippen molar-refractivity contribution in [3.05, 3.63) is 23.8 Å². The third-order valence-corrected chi connectivity index (χ3v) is 3.27. The van der Waals surface area contributed by atoms with Crippen LogP contribution in [0.15, 0.2) is 18.2 Å². The van der Waals surface area contributed by atoms with Crippen molar-refractivity contribution in [2.24, 2.45) is 0 Å². The molecule has 1 aromatic rings. The number of nitrogens with zero attached hydrogens (tertiary/aromatic N) is 1. The normalized spacial score (nSPS) is 18.3. The molecule has 1 fully saturated rings. The van der Waals surface area contributed by atoms with Gasteiger partial charge in [-0.15, -0.1) is 0 Å². The summed E-state index contributed by atoms with van der Waals surface area (Å²) < 4.78 is 10.0. The minimum Gasteiger partial charge on any atom is -0.504 e. The summed E-state index contributed by atoms with van der Waals surface area (Å²) in [6.45, 7) is 1.01. The van der Waals surface area contributed by atoms with Gasteiger partial charge in [-0.1, -0.05) is 0 Å². The van der Waals surface area contributed by atoms with Gasteiger partial charge >= 0.3 is 5.97 Å². The average molecular weight is 295 g/mol. The van der Waals surface area contributed by atoms with Crippen LogP contribution in [-0.2, 0) is 14.3 Å². The van der Waals surface area contributed by atoms with Crippen molar-refractivity contribution in [1.82, 2.24) is 4.90 Å². The van der Waals surface area contributed by atoms with Crippen molar-refractivity contribution in [3.8, 4) is 11.5 Å². The van der Waals surface area contributed by atoms with Crippen LogP contribution in [-0.4, -0.2) is 59.9 Å². The highest BCUT2D eigenvalue weighted by atomic mass is 16.5. The Morgan fingerprint density at radius 1 is 1.38 bits per heavy atom. The van der Waals surface area contributed by atoms with E-state index in [1.54, 1.807) is 4.90 Å². The Hall–Kier alpha value is -2.28. The monoisotopic (exact) mass is 295 g/mol. The Morgan fingerprint density at radius 2 is 2.14 bits per heavy atom. The molecule has 1 aliphatic rings. The zero-order valence-corrected chi connectivity index (χ0v) is 11.6. The summed E-state index contributed by atoms with van der Waals surface area (Å²) in [7, 11) is 1.30. The highest BCUT2D eigenvalue weighted by Gasteiger charge is 2.27. The number of esters is 1. The smallest absolute Gasteiger partial charge is 0.308 e. The molecule has 0 bridgehead atoms. The van der Waals surface area contributed by atoms with Gasteiger partial charge in [0.05, 0.1) is 26.2 Å². The van der Waals surface area contributed by atoms with Gasteiger partial charge in [-0.2, -0.15) is 0 Å². The Labute approximate surface area is 121 Å². The standard InChI is InChI=1S/C14H17NO6/c1-20-13(18)7-10-8-15(4-5-21-10)14(19)9-2-3-11(16)12(17)6-9/h2-3,6,10,16-17H,4-5,7-8H2,1H3. The molecule has 0 aliphatic carbocycles. The Kier molecular flexibility index (Phi) is 4.64. The quantitative estimate of drug-likeness (QED) is 0.623. The van der Waals surface area contributed by atoms with Crippen molar-refractivity contribution in [3.63, 3.8) is 0 Å². The summed E-state index contributed by atoms with van der Waals surface area (Å²) in [5.74, 6) is -1.31. The summed E-state index contributed by atoms with van der Waals surface area (Å²) in [5.41, 5.74) is 0.268. The zero-order valence-electron chi connectivity index (χ0n) is 11.6. The second-order valence-electron chi connectivity index (χ2n) is 4.73. The molecule has 1 unspecified atom stereocenters. The maximum atomic E-state index is 12.3. The fourth-order valence-corrected chi connectivity index (χ4v) is 2.14. The lowest BCUT2D eigenvalue weighted by atomic mass is 10.1.